The van der Waals surface area contributed by atoms with Gasteiger partial charge in [0.25, 0.3) is 5.91 Å². The second-order valence-corrected chi connectivity index (χ2v) is 6.08. The Hall–Kier alpha value is -2.47. The predicted octanol–water partition coefficient (Wildman–Crippen LogP) is 3.21. The molecule has 4 rings (SSSR count). The van der Waals surface area contributed by atoms with Crippen LogP contribution in [0.5, 0.6) is 11.5 Å². The molecule has 2 aliphatic rings. The van der Waals surface area contributed by atoms with Crippen LogP contribution in [0.2, 0.25) is 5.02 Å². The smallest absolute Gasteiger partial charge is 0.262 e. The fourth-order valence-corrected chi connectivity index (χ4v) is 3.24. The van der Waals surface area contributed by atoms with Gasteiger partial charge in [0, 0.05) is 12.6 Å². The highest BCUT2D eigenvalue weighted by Crippen LogP contribution is 2.38. The highest BCUT2D eigenvalue weighted by molar-refractivity contribution is 6.32. The van der Waals surface area contributed by atoms with Gasteiger partial charge in [-0.3, -0.25) is 4.79 Å². The average molecular weight is 349 g/mol. The van der Waals surface area contributed by atoms with Gasteiger partial charge in [-0.25, -0.2) is 4.39 Å². The molecule has 2 aromatic carbocycles. The molecule has 0 saturated heterocycles. The van der Waals surface area contributed by atoms with E-state index in [-0.39, 0.29) is 18.3 Å². The summed E-state index contributed by atoms with van der Waals surface area (Å²) in [5, 5.41) is 3.22. The molecule has 1 N–H and O–H groups in total. The molecule has 2 aliphatic heterocycles. The molecule has 5 nitrogen and oxygen atoms in total. The first kappa shape index (κ1) is 15.1. The summed E-state index contributed by atoms with van der Waals surface area (Å²) in [4.78, 5) is 13.6. The molecule has 124 valence electrons. The maximum atomic E-state index is 13.4. The van der Waals surface area contributed by atoms with Crippen molar-refractivity contribution in [2.24, 2.45) is 0 Å². The van der Waals surface area contributed by atoms with E-state index in [2.05, 4.69) is 10.2 Å². The van der Waals surface area contributed by atoms with Crippen LogP contribution in [0.1, 0.15) is 5.56 Å². The van der Waals surface area contributed by atoms with Gasteiger partial charge >= 0.3 is 0 Å². The number of anilines is 2. The molecule has 2 aromatic rings. The monoisotopic (exact) mass is 348 g/mol. The molecule has 0 atom stereocenters. The van der Waals surface area contributed by atoms with Crippen molar-refractivity contribution in [2.75, 3.05) is 30.0 Å². The lowest BCUT2D eigenvalue weighted by molar-refractivity contribution is -0.118. The van der Waals surface area contributed by atoms with Crippen LogP contribution < -0.4 is 19.7 Å². The fraction of sp³-hybridized carbons (Fsp3) is 0.235. The molecule has 0 spiro atoms. The molecule has 2 heterocycles. The molecule has 0 aliphatic carbocycles. The Kier molecular flexibility index (Phi) is 3.69. The van der Waals surface area contributed by atoms with Crippen molar-refractivity contribution in [1.82, 2.24) is 0 Å². The van der Waals surface area contributed by atoms with Gasteiger partial charge in [-0.2, -0.15) is 0 Å². The standard InChI is InChI=1S/C17H14ClFN2O3/c18-12-5-10(6-13-17(12)24-9-16(22)20-13)8-21-3-4-23-15-7-11(19)1-2-14(15)21/h1-2,5-7H,3-4,8-9H2,(H,20,22). The number of halogens is 2. The van der Waals surface area contributed by atoms with Gasteiger partial charge in [0.1, 0.15) is 18.2 Å². The summed E-state index contributed by atoms with van der Waals surface area (Å²) in [6.07, 6.45) is 0. The van der Waals surface area contributed by atoms with Crippen molar-refractivity contribution in [2.45, 2.75) is 6.54 Å². The van der Waals surface area contributed by atoms with Gasteiger partial charge in [-0.1, -0.05) is 11.6 Å². The van der Waals surface area contributed by atoms with Crippen LogP contribution in [-0.2, 0) is 11.3 Å². The topological polar surface area (TPSA) is 50.8 Å². The van der Waals surface area contributed by atoms with E-state index < -0.39 is 0 Å². The van der Waals surface area contributed by atoms with Crippen molar-refractivity contribution < 1.29 is 18.7 Å². The Balaban J connectivity index is 1.64. The molecular weight excluding hydrogens is 335 g/mol. The number of nitrogens with one attached hydrogen (secondary N) is 1. The maximum absolute atomic E-state index is 13.4. The number of carbonyl (C=O) groups is 1. The minimum Gasteiger partial charge on any atom is -0.489 e. The lowest BCUT2D eigenvalue weighted by Crippen LogP contribution is -2.32. The Morgan fingerprint density at radius 2 is 2.12 bits per heavy atom. The van der Waals surface area contributed by atoms with E-state index in [0.29, 0.717) is 41.9 Å². The van der Waals surface area contributed by atoms with E-state index >= 15 is 0 Å². The summed E-state index contributed by atoms with van der Waals surface area (Å²) < 4.78 is 24.2. The normalized spacial score (nSPS) is 15.8. The molecule has 24 heavy (non-hydrogen) atoms. The quantitative estimate of drug-likeness (QED) is 0.905. The Morgan fingerprint density at radius 1 is 1.25 bits per heavy atom. The molecule has 0 unspecified atom stereocenters. The summed E-state index contributed by atoms with van der Waals surface area (Å²) in [7, 11) is 0. The zero-order valence-electron chi connectivity index (χ0n) is 12.6. The first-order valence-corrected chi connectivity index (χ1v) is 7.90. The van der Waals surface area contributed by atoms with Gasteiger partial charge in [-0.05, 0) is 29.8 Å². The molecule has 0 fully saturated rings. The van der Waals surface area contributed by atoms with Crippen molar-refractivity contribution in [3.05, 3.63) is 46.7 Å². The third-order valence-corrected chi connectivity index (χ3v) is 4.26. The number of benzene rings is 2. The second kappa shape index (κ2) is 5.87. The zero-order chi connectivity index (χ0) is 16.7. The molecule has 0 saturated carbocycles. The molecule has 0 aromatic heterocycles. The van der Waals surface area contributed by atoms with Crippen LogP contribution >= 0.6 is 11.6 Å². The van der Waals surface area contributed by atoms with E-state index in [1.165, 1.54) is 12.1 Å². The van der Waals surface area contributed by atoms with Crippen molar-refractivity contribution in [3.63, 3.8) is 0 Å². The summed E-state index contributed by atoms with van der Waals surface area (Å²) in [6.45, 7) is 1.69. The predicted molar refractivity (Wildman–Crippen MR) is 88.5 cm³/mol. The maximum Gasteiger partial charge on any atom is 0.262 e. The van der Waals surface area contributed by atoms with E-state index in [1.807, 2.05) is 12.1 Å². The molecule has 0 bridgehead atoms. The largest absolute Gasteiger partial charge is 0.489 e. The second-order valence-electron chi connectivity index (χ2n) is 5.67. The van der Waals surface area contributed by atoms with Crippen LogP contribution in [0, 0.1) is 5.82 Å². The lowest BCUT2D eigenvalue weighted by Gasteiger charge is -2.31. The number of carbonyl (C=O) groups excluding carboxylic acids is 1. The summed E-state index contributed by atoms with van der Waals surface area (Å²) in [5.74, 6) is 0.488. The highest BCUT2D eigenvalue weighted by atomic mass is 35.5. The van der Waals surface area contributed by atoms with Crippen LogP contribution in [0.25, 0.3) is 0 Å². The number of nitrogens with zero attached hydrogens (tertiary/aromatic N) is 1. The Morgan fingerprint density at radius 3 is 3.00 bits per heavy atom. The van der Waals surface area contributed by atoms with Crippen LogP contribution in [0.3, 0.4) is 0 Å². The summed E-state index contributed by atoms with van der Waals surface area (Å²) >= 11 is 6.26. The van der Waals surface area contributed by atoms with Crippen LogP contribution in [0.15, 0.2) is 30.3 Å². The highest BCUT2D eigenvalue weighted by Gasteiger charge is 2.22. The SMILES string of the molecule is O=C1COc2c(Cl)cc(CN3CCOc4cc(F)ccc43)cc2N1. The number of rotatable bonds is 2. The van der Waals surface area contributed by atoms with Crippen LogP contribution in [0.4, 0.5) is 15.8 Å². The summed E-state index contributed by atoms with van der Waals surface area (Å²) in [5.41, 5.74) is 2.32. The number of ether oxygens (including phenoxy) is 2. The third kappa shape index (κ3) is 2.73. The number of amides is 1. The fourth-order valence-electron chi connectivity index (χ4n) is 2.94. The van der Waals surface area contributed by atoms with Gasteiger partial charge in [0.15, 0.2) is 12.4 Å². The van der Waals surface area contributed by atoms with E-state index in [0.717, 1.165) is 11.3 Å². The van der Waals surface area contributed by atoms with Crippen LogP contribution in [-0.4, -0.2) is 25.7 Å². The Labute approximate surface area is 142 Å². The van der Waals surface area contributed by atoms with Gasteiger partial charge < -0.3 is 19.7 Å². The third-order valence-electron chi connectivity index (χ3n) is 3.98. The Bertz CT molecular complexity index is 828. The van der Waals surface area contributed by atoms with Gasteiger partial charge in [0.2, 0.25) is 0 Å². The van der Waals surface area contributed by atoms with E-state index in [1.54, 1.807) is 6.07 Å². The molecular formula is C17H14ClFN2O3. The number of hydrogen-bond donors (Lipinski definition) is 1. The molecule has 0 radical (unpaired) electrons. The number of fused-ring (bicyclic) bond motifs is 2. The van der Waals surface area contributed by atoms with Crippen molar-refractivity contribution >= 4 is 28.9 Å². The van der Waals surface area contributed by atoms with Crippen molar-refractivity contribution in [1.29, 1.82) is 0 Å². The summed E-state index contributed by atoms with van der Waals surface area (Å²) in [6, 6.07) is 8.16. The average Bonchev–Trinajstić information content (AvgIpc) is 2.54. The van der Waals surface area contributed by atoms with Crippen molar-refractivity contribution in [3.8, 4) is 11.5 Å². The minimum atomic E-state index is -0.327. The first-order valence-electron chi connectivity index (χ1n) is 7.52. The van der Waals surface area contributed by atoms with Gasteiger partial charge in [0.05, 0.1) is 22.9 Å². The minimum absolute atomic E-state index is 0.0333. The van der Waals surface area contributed by atoms with Gasteiger partial charge in [-0.15, -0.1) is 0 Å². The first-order chi connectivity index (χ1) is 11.6. The molecule has 1 amide bonds. The lowest BCUT2D eigenvalue weighted by atomic mass is 10.1. The molecule has 7 heteroatoms. The van der Waals surface area contributed by atoms with E-state index in [4.69, 9.17) is 21.1 Å². The number of hydrogen-bond acceptors (Lipinski definition) is 4. The van der Waals surface area contributed by atoms with E-state index in [9.17, 15) is 9.18 Å². The zero-order valence-corrected chi connectivity index (χ0v) is 13.4.